The molecule has 2 atom stereocenters. The van der Waals surface area contributed by atoms with Gasteiger partial charge in [-0.3, -0.25) is 4.90 Å². The maximum atomic E-state index is 9.84. The Kier molecular flexibility index (Phi) is 4.66. The summed E-state index contributed by atoms with van der Waals surface area (Å²) in [6.07, 6.45) is 2.52. The summed E-state index contributed by atoms with van der Waals surface area (Å²) in [5, 5.41) is 22.6. The van der Waals surface area contributed by atoms with Crippen molar-refractivity contribution in [3.63, 3.8) is 0 Å². The molecule has 1 saturated heterocycles. The summed E-state index contributed by atoms with van der Waals surface area (Å²) in [6, 6.07) is 5.46. The van der Waals surface area contributed by atoms with Crippen LogP contribution in [-0.2, 0) is 0 Å². The van der Waals surface area contributed by atoms with Crippen LogP contribution in [0.5, 0.6) is 11.5 Å². The standard InChI is InChI=1S/C15H24N2O2/c1-3-17-8-4-5-12(17)10-16-11(2)14-7-6-13(18)9-15(14)19/h6-7,9,11-12,16,18-19H,3-5,8,10H2,1-2H3. The molecule has 1 aromatic carbocycles. The topological polar surface area (TPSA) is 55.7 Å². The van der Waals surface area contributed by atoms with E-state index in [0.717, 1.165) is 18.7 Å². The van der Waals surface area contributed by atoms with Gasteiger partial charge in [0.1, 0.15) is 11.5 Å². The van der Waals surface area contributed by atoms with E-state index in [0.29, 0.717) is 6.04 Å². The second-order valence-electron chi connectivity index (χ2n) is 5.30. The minimum absolute atomic E-state index is 0.0832. The van der Waals surface area contributed by atoms with Gasteiger partial charge < -0.3 is 15.5 Å². The van der Waals surface area contributed by atoms with Gasteiger partial charge in [0.25, 0.3) is 0 Å². The highest BCUT2D eigenvalue weighted by molar-refractivity contribution is 5.40. The Bertz CT molecular complexity index is 423. The molecule has 0 radical (unpaired) electrons. The van der Waals surface area contributed by atoms with Crippen LogP contribution in [0.2, 0.25) is 0 Å². The first kappa shape index (κ1) is 14.2. The minimum atomic E-state index is 0.0832. The van der Waals surface area contributed by atoms with Gasteiger partial charge in [0.05, 0.1) is 0 Å². The van der Waals surface area contributed by atoms with E-state index < -0.39 is 0 Å². The van der Waals surface area contributed by atoms with E-state index in [9.17, 15) is 10.2 Å². The SMILES string of the molecule is CCN1CCCC1CNC(C)c1ccc(O)cc1O. The molecule has 0 bridgehead atoms. The molecule has 19 heavy (non-hydrogen) atoms. The van der Waals surface area contributed by atoms with Gasteiger partial charge in [0, 0.05) is 30.3 Å². The maximum absolute atomic E-state index is 9.84. The number of nitrogens with one attached hydrogen (secondary N) is 1. The summed E-state index contributed by atoms with van der Waals surface area (Å²) < 4.78 is 0. The molecule has 106 valence electrons. The van der Waals surface area contributed by atoms with Crippen LogP contribution in [0.3, 0.4) is 0 Å². The predicted molar refractivity (Wildman–Crippen MR) is 76.5 cm³/mol. The molecular weight excluding hydrogens is 240 g/mol. The molecule has 2 rings (SSSR count). The summed E-state index contributed by atoms with van der Waals surface area (Å²) in [6.45, 7) is 7.48. The lowest BCUT2D eigenvalue weighted by Gasteiger charge is -2.25. The van der Waals surface area contributed by atoms with Crippen LogP contribution in [0.15, 0.2) is 18.2 Å². The fourth-order valence-corrected chi connectivity index (χ4v) is 2.86. The predicted octanol–water partition coefficient (Wildman–Crippen LogP) is 2.23. The van der Waals surface area contributed by atoms with Crippen LogP contribution >= 0.6 is 0 Å². The molecule has 3 N–H and O–H groups in total. The van der Waals surface area contributed by atoms with Crippen molar-refractivity contribution in [2.45, 2.75) is 38.8 Å². The largest absolute Gasteiger partial charge is 0.508 e. The van der Waals surface area contributed by atoms with E-state index in [1.807, 2.05) is 6.92 Å². The molecule has 4 nitrogen and oxygen atoms in total. The van der Waals surface area contributed by atoms with Gasteiger partial charge in [-0.2, -0.15) is 0 Å². The summed E-state index contributed by atoms with van der Waals surface area (Å²) in [5.41, 5.74) is 0.832. The summed E-state index contributed by atoms with van der Waals surface area (Å²) in [4.78, 5) is 2.50. The van der Waals surface area contributed by atoms with Gasteiger partial charge in [-0.25, -0.2) is 0 Å². The molecule has 0 aromatic heterocycles. The summed E-state index contributed by atoms with van der Waals surface area (Å²) in [7, 11) is 0. The zero-order chi connectivity index (χ0) is 13.8. The minimum Gasteiger partial charge on any atom is -0.508 e. The van der Waals surface area contributed by atoms with E-state index in [1.165, 1.54) is 25.5 Å². The summed E-state index contributed by atoms with van der Waals surface area (Å²) >= 11 is 0. The third-order valence-electron chi connectivity index (χ3n) is 4.05. The molecule has 2 unspecified atom stereocenters. The zero-order valence-corrected chi connectivity index (χ0v) is 11.8. The Labute approximate surface area is 115 Å². The second kappa shape index (κ2) is 6.26. The second-order valence-corrected chi connectivity index (χ2v) is 5.30. The van der Waals surface area contributed by atoms with Crippen LogP contribution in [0.1, 0.15) is 38.3 Å². The molecule has 1 aromatic rings. The number of aromatic hydroxyl groups is 2. The Morgan fingerprint density at radius 1 is 1.42 bits per heavy atom. The normalized spacial score (nSPS) is 21.7. The van der Waals surface area contributed by atoms with Crippen molar-refractivity contribution in [3.05, 3.63) is 23.8 Å². The third-order valence-corrected chi connectivity index (χ3v) is 4.05. The number of rotatable bonds is 5. The number of hydrogen-bond donors (Lipinski definition) is 3. The summed E-state index contributed by atoms with van der Waals surface area (Å²) in [5.74, 6) is 0.250. The quantitative estimate of drug-likeness (QED) is 0.763. The fraction of sp³-hybridized carbons (Fsp3) is 0.600. The molecule has 1 heterocycles. The van der Waals surface area contributed by atoms with E-state index >= 15 is 0 Å². The average molecular weight is 264 g/mol. The Morgan fingerprint density at radius 3 is 2.89 bits per heavy atom. The van der Waals surface area contributed by atoms with Crippen LogP contribution < -0.4 is 5.32 Å². The number of nitrogens with zero attached hydrogens (tertiary/aromatic N) is 1. The first-order valence-corrected chi connectivity index (χ1v) is 7.11. The van der Waals surface area contributed by atoms with Gasteiger partial charge >= 0.3 is 0 Å². The molecule has 0 saturated carbocycles. The third kappa shape index (κ3) is 3.39. The van der Waals surface area contributed by atoms with Crippen LogP contribution in [-0.4, -0.2) is 40.8 Å². The molecule has 0 aliphatic carbocycles. The Hall–Kier alpha value is -1.26. The molecular formula is C15H24N2O2. The monoisotopic (exact) mass is 264 g/mol. The highest BCUT2D eigenvalue weighted by Gasteiger charge is 2.23. The number of phenolic OH excluding ortho intramolecular Hbond substituents is 2. The number of hydrogen-bond acceptors (Lipinski definition) is 4. The van der Waals surface area contributed by atoms with E-state index in [-0.39, 0.29) is 17.5 Å². The van der Waals surface area contributed by atoms with Crippen LogP contribution in [0.25, 0.3) is 0 Å². The fourth-order valence-electron chi connectivity index (χ4n) is 2.86. The molecule has 1 aliphatic heterocycles. The smallest absolute Gasteiger partial charge is 0.124 e. The van der Waals surface area contributed by atoms with Crippen LogP contribution in [0.4, 0.5) is 0 Å². The van der Waals surface area contributed by atoms with E-state index in [4.69, 9.17) is 0 Å². The van der Waals surface area contributed by atoms with Gasteiger partial charge in [0.15, 0.2) is 0 Å². The van der Waals surface area contributed by atoms with Gasteiger partial charge in [-0.15, -0.1) is 0 Å². The van der Waals surface area contributed by atoms with Crippen molar-refractivity contribution in [1.29, 1.82) is 0 Å². The molecule has 1 fully saturated rings. The number of phenols is 2. The Balaban J connectivity index is 1.92. The molecule has 1 aliphatic rings. The van der Waals surface area contributed by atoms with Crippen molar-refractivity contribution in [3.8, 4) is 11.5 Å². The first-order valence-electron chi connectivity index (χ1n) is 7.11. The van der Waals surface area contributed by atoms with Crippen molar-refractivity contribution in [1.82, 2.24) is 10.2 Å². The molecule has 0 amide bonds. The van der Waals surface area contributed by atoms with Gasteiger partial charge in [-0.05, 0) is 38.9 Å². The number of likely N-dealkylation sites (N-methyl/N-ethyl adjacent to an activating group) is 1. The van der Waals surface area contributed by atoms with Crippen LogP contribution in [0, 0.1) is 0 Å². The first-order chi connectivity index (χ1) is 9.11. The van der Waals surface area contributed by atoms with Crippen molar-refractivity contribution >= 4 is 0 Å². The highest BCUT2D eigenvalue weighted by Crippen LogP contribution is 2.28. The van der Waals surface area contributed by atoms with Gasteiger partial charge in [-0.1, -0.05) is 13.0 Å². The van der Waals surface area contributed by atoms with Gasteiger partial charge in [0.2, 0.25) is 0 Å². The van der Waals surface area contributed by atoms with Crippen molar-refractivity contribution < 1.29 is 10.2 Å². The highest BCUT2D eigenvalue weighted by atomic mass is 16.3. The number of benzene rings is 1. The maximum Gasteiger partial charge on any atom is 0.124 e. The molecule has 4 heteroatoms. The average Bonchev–Trinajstić information content (AvgIpc) is 2.83. The molecule has 0 spiro atoms. The van der Waals surface area contributed by atoms with Crippen molar-refractivity contribution in [2.24, 2.45) is 0 Å². The lowest BCUT2D eigenvalue weighted by atomic mass is 10.1. The van der Waals surface area contributed by atoms with E-state index in [2.05, 4.69) is 17.1 Å². The van der Waals surface area contributed by atoms with Crippen molar-refractivity contribution in [2.75, 3.05) is 19.6 Å². The number of likely N-dealkylation sites (tertiary alicyclic amines) is 1. The van der Waals surface area contributed by atoms with E-state index in [1.54, 1.807) is 12.1 Å². The Morgan fingerprint density at radius 2 is 2.21 bits per heavy atom. The lowest BCUT2D eigenvalue weighted by molar-refractivity contribution is 0.255. The lowest BCUT2D eigenvalue weighted by Crippen LogP contribution is -2.38. The zero-order valence-electron chi connectivity index (χ0n) is 11.8.